The summed E-state index contributed by atoms with van der Waals surface area (Å²) in [6, 6.07) is 13.2. The van der Waals surface area contributed by atoms with Crippen molar-refractivity contribution in [1.82, 2.24) is 0 Å². The van der Waals surface area contributed by atoms with Crippen molar-refractivity contribution < 1.29 is 9.13 Å². The lowest BCUT2D eigenvalue weighted by Gasteiger charge is -2.25. The fourth-order valence-electron chi connectivity index (χ4n) is 2.29. The second-order valence-corrected chi connectivity index (χ2v) is 5.73. The minimum atomic E-state index is -0.547. The van der Waals surface area contributed by atoms with Gasteiger partial charge in [0.25, 0.3) is 0 Å². The summed E-state index contributed by atoms with van der Waals surface area (Å²) in [4.78, 5) is 0. The second kappa shape index (κ2) is 6.27. The van der Waals surface area contributed by atoms with Crippen LogP contribution < -0.4 is 10.5 Å². The highest BCUT2D eigenvalue weighted by Gasteiger charge is 2.21. The van der Waals surface area contributed by atoms with Crippen LogP contribution in [0.4, 0.5) is 4.39 Å². The number of hydrogen-bond acceptors (Lipinski definition) is 2. The molecule has 0 heterocycles. The quantitative estimate of drug-likeness (QED) is 0.903. The fraction of sp³-hybridized carbons (Fsp3) is 0.333. The third kappa shape index (κ3) is 3.82. The number of aryl methyl sites for hydroxylation is 2. The van der Waals surface area contributed by atoms with Gasteiger partial charge in [-0.1, -0.05) is 24.3 Å². The molecule has 0 aliphatic rings. The van der Waals surface area contributed by atoms with Gasteiger partial charge in [-0.3, -0.25) is 0 Å². The Labute approximate surface area is 125 Å². The Hall–Kier alpha value is -1.87. The molecule has 1 unspecified atom stereocenters. The molecule has 2 rings (SSSR count). The Morgan fingerprint density at radius 3 is 2.38 bits per heavy atom. The predicted octanol–water partition coefficient (Wildman–Crippen LogP) is 3.95. The first-order chi connectivity index (χ1) is 9.92. The van der Waals surface area contributed by atoms with Crippen LogP contribution in [0.25, 0.3) is 0 Å². The smallest absolute Gasteiger partial charge is 0.126 e. The molecule has 0 amide bonds. The van der Waals surface area contributed by atoms with Gasteiger partial charge in [-0.25, -0.2) is 4.39 Å². The molecule has 112 valence electrons. The SMILES string of the molecule is COc1ccc(CCC(C)(N)c2ccc(C)c(F)c2)cc1. The molecule has 0 bridgehead atoms. The minimum absolute atomic E-state index is 0.200. The van der Waals surface area contributed by atoms with Crippen molar-refractivity contribution in [3.8, 4) is 5.75 Å². The van der Waals surface area contributed by atoms with Crippen molar-refractivity contribution in [3.05, 3.63) is 65.0 Å². The van der Waals surface area contributed by atoms with E-state index in [2.05, 4.69) is 0 Å². The third-order valence-electron chi connectivity index (χ3n) is 3.92. The number of ether oxygens (including phenoxy) is 1. The van der Waals surface area contributed by atoms with Crippen LogP contribution in [0, 0.1) is 12.7 Å². The lowest BCUT2D eigenvalue weighted by Crippen LogP contribution is -2.33. The van der Waals surface area contributed by atoms with Gasteiger partial charge in [0.1, 0.15) is 11.6 Å². The van der Waals surface area contributed by atoms with Crippen LogP contribution in [0.5, 0.6) is 5.75 Å². The van der Waals surface area contributed by atoms with E-state index in [1.54, 1.807) is 26.2 Å². The standard InChI is InChI=1S/C18H22FNO/c1-13-4-7-15(12-17(13)19)18(2,20)11-10-14-5-8-16(21-3)9-6-14/h4-9,12H,10-11,20H2,1-3H3. The molecule has 2 N–H and O–H groups in total. The first-order valence-corrected chi connectivity index (χ1v) is 7.11. The van der Waals surface area contributed by atoms with Gasteiger partial charge in [-0.05, 0) is 61.6 Å². The maximum Gasteiger partial charge on any atom is 0.126 e. The van der Waals surface area contributed by atoms with E-state index >= 15 is 0 Å². The van der Waals surface area contributed by atoms with Crippen molar-refractivity contribution in [2.45, 2.75) is 32.2 Å². The molecular weight excluding hydrogens is 265 g/mol. The Morgan fingerprint density at radius 2 is 1.81 bits per heavy atom. The lowest BCUT2D eigenvalue weighted by atomic mass is 9.86. The summed E-state index contributed by atoms with van der Waals surface area (Å²) in [5.74, 6) is 0.642. The van der Waals surface area contributed by atoms with Gasteiger partial charge in [0.05, 0.1) is 7.11 Å². The Kier molecular flexibility index (Phi) is 4.63. The Morgan fingerprint density at radius 1 is 1.14 bits per heavy atom. The van der Waals surface area contributed by atoms with Crippen LogP contribution in [0.1, 0.15) is 30.0 Å². The summed E-state index contributed by atoms with van der Waals surface area (Å²) in [7, 11) is 1.65. The molecule has 0 aliphatic heterocycles. The second-order valence-electron chi connectivity index (χ2n) is 5.73. The molecule has 0 saturated heterocycles. The molecule has 0 fully saturated rings. The van der Waals surface area contributed by atoms with Gasteiger partial charge in [-0.15, -0.1) is 0 Å². The largest absolute Gasteiger partial charge is 0.497 e. The normalized spacial score (nSPS) is 13.8. The molecule has 0 spiro atoms. The number of halogens is 1. The molecule has 2 nitrogen and oxygen atoms in total. The summed E-state index contributed by atoms with van der Waals surface area (Å²) in [5.41, 5.74) is 8.49. The van der Waals surface area contributed by atoms with E-state index < -0.39 is 5.54 Å². The maximum absolute atomic E-state index is 13.7. The van der Waals surface area contributed by atoms with Crippen molar-refractivity contribution in [2.24, 2.45) is 5.73 Å². The minimum Gasteiger partial charge on any atom is -0.497 e. The summed E-state index contributed by atoms with van der Waals surface area (Å²) >= 11 is 0. The summed E-state index contributed by atoms with van der Waals surface area (Å²) in [6.07, 6.45) is 1.59. The highest BCUT2D eigenvalue weighted by Crippen LogP contribution is 2.25. The maximum atomic E-state index is 13.7. The average Bonchev–Trinajstić information content (AvgIpc) is 2.48. The molecule has 2 aromatic rings. The van der Waals surface area contributed by atoms with Crippen molar-refractivity contribution >= 4 is 0 Å². The van der Waals surface area contributed by atoms with Crippen molar-refractivity contribution in [3.63, 3.8) is 0 Å². The molecule has 0 radical (unpaired) electrons. The van der Waals surface area contributed by atoms with Crippen LogP contribution in [0.2, 0.25) is 0 Å². The summed E-state index contributed by atoms with van der Waals surface area (Å²) in [5, 5.41) is 0. The Bertz CT molecular complexity index is 605. The topological polar surface area (TPSA) is 35.2 Å². The van der Waals surface area contributed by atoms with Crippen LogP contribution in [0.3, 0.4) is 0 Å². The molecule has 1 atom stereocenters. The molecule has 21 heavy (non-hydrogen) atoms. The number of nitrogens with two attached hydrogens (primary N) is 1. The first-order valence-electron chi connectivity index (χ1n) is 7.11. The molecular formula is C18H22FNO. The fourth-order valence-corrected chi connectivity index (χ4v) is 2.29. The van der Waals surface area contributed by atoms with E-state index in [1.807, 2.05) is 37.3 Å². The zero-order valence-corrected chi connectivity index (χ0v) is 12.8. The van der Waals surface area contributed by atoms with Crippen LogP contribution >= 0.6 is 0 Å². The predicted molar refractivity (Wildman–Crippen MR) is 84.0 cm³/mol. The molecule has 0 aromatic heterocycles. The van der Waals surface area contributed by atoms with Crippen LogP contribution in [-0.2, 0) is 12.0 Å². The lowest BCUT2D eigenvalue weighted by molar-refractivity contribution is 0.414. The van der Waals surface area contributed by atoms with Gasteiger partial charge < -0.3 is 10.5 Å². The van der Waals surface area contributed by atoms with Crippen molar-refractivity contribution in [1.29, 1.82) is 0 Å². The van der Waals surface area contributed by atoms with E-state index in [9.17, 15) is 4.39 Å². The third-order valence-corrected chi connectivity index (χ3v) is 3.92. The van der Waals surface area contributed by atoms with Gasteiger partial charge in [-0.2, -0.15) is 0 Å². The number of rotatable bonds is 5. The molecule has 3 heteroatoms. The van der Waals surface area contributed by atoms with Gasteiger partial charge in [0.2, 0.25) is 0 Å². The van der Waals surface area contributed by atoms with E-state index in [-0.39, 0.29) is 5.82 Å². The highest BCUT2D eigenvalue weighted by atomic mass is 19.1. The first kappa shape index (κ1) is 15.5. The van der Waals surface area contributed by atoms with E-state index in [0.717, 1.165) is 24.2 Å². The average molecular weight is 287 g/mol. The van der Waals surface area contributed by atoms with Gasteiger partial charge in [0.15, 0.2) is 0 Å². The summed E-state index contributed by atoms with van der Waals surface area (Å²) in [6.45, 7) is 3.70. The summed E-state index contributed by atoms with van der Waals surface area (Å²) < 4.78 is 18.8. The molecule has 0 aliphatic carbocycles. The highest BCUT2D eigenvalue weighted by molar-refractivity contribution is 5.30. The zero-order valence-electron chi connectivity index (χ0n) is 12.8. The Balaban J connectivity index is 2.07. The zero-order chi connectivity index (χ0) is 15.5. The monoisotopic (exact) mass is 287 g/mol. The molecule has 2 aromatic carbocycles. The molecule has 0 saturated carbocycles. The number of methoxy groups -OCH3 is 1. The number of hydrogen-bond donors (Lipinski definition) is 1. The van der Waals surface area contributed by atoms with Crippen molar-refractivity contribution in [2.75, 3.05) is 7.11 Å². The van der Waals surface area contributed by atoms with E-state index in [0.29, 0.717) is 5.56 Å². The van der Waals surface area contributed by atoms with E-state index in [1.165, 1.54) is 5.56 Å². The van der Waals surface area contributed by atoms with Gasteiger partial charge >= 0.3 is 0 Å². The number of benzene rings is 2. The van der Waals surface area contributed by atoms with Crippen LogP contribution in [-0.4, -0.2) is 7.11 Å². The van der Waals surface area contributed by atoms with Gasteiger partial charge in [0, 0.05) is 5.54 Å². The van der Waals surface area contributed by atoms with Crippen LogP contribution in [0.15, 0.2) is 42.5 Å². The van der Waals surface area contributed by atoms with E-state index in [4.69, 9.17) is 10.5 Å².